The number of hydrogen-bond acceptors (Lipinski definition) is 4. The van der Waals surface area contributed by atoms with Gasteiger partial charge in [0, 0.05) is 6.07 Å². The molecule has 0 bridgehead atoms. The Kier molecular flexibility index (Phi) is 3.89. The van der Waals surface area contributed by atoms with E-state index in [4.69, 9.17) is 9.47 Å². The first-order valence-corrected chi connectivity index (χ1v) is 7.93. The maximum absolute atomic E-state index is 12.6. The minimum absolute atomic E-state index is 0.272. The van der Waals surface area contributed by atoms with E-state index in [-0.39, 0.29) is 13.2 Å². The van der Waals surface area contributed by atoms with Crippen LogP contribution in [0.1, 0.15) is 5.56 Å². The lowest BCUT2D eigenvalue weighted by Gasteiger charge is -2.36. The summed E-state index contributed by atoms with van der Waals surface area (Å²) in [6.07, 6.45) is -2.75. The average molecular weight is 364 g/mol. The summed E-state index contributed by atoms with van der Waals surface area (Å²) in [4.78, 5) is 4.28. The Bertz CT molecular complexity index is 931. The molecule has 0 spiro atoms. The van der Waals surface area contributed by atoms with Gasteiger partial charge in [0.1, 0.15) is 17.1 Å². The van der Waals surface area contributed by atoms with Crippen molar-refractivity contribution in [2.24, 2.45) is 0 Å². The quantitative estimate of drug-likeness (QED) is 0.768. The van der Waals surface area contributed by atoms with E-state index in [0.717, 1.165) is 23.2 Å². The summed E-state index contributed by atoms with van der Waals surface area (Å²) in [5.41, 5.74) is -0.143. The van der Waals surface area contributed by atoms with Gasteiger partial charge in [-0.05, 0) is 36.4 Å². The summed E-state index contributed by atoms with van der Waals surface area (Å²) in [7, 11) is 0. The highest BCUT2D eigenvalue weighted by Gasteiger charge is 2.36. The van der Waals surface area contributed by atoms with E-state index in [1.54, 1.807) is 29.1 Å². The number of benzene rings is 2. The van der Waals surface area contributed by atoms with Gasteiger partial charge < -0.3 is 19.1 Å². The number of alkyl halides is 3. The summed E-state index contributed by atoms with van der Waals surface area (Å²) in [6, 6.07) is 9.69. The van der Waals surface area contributed by atoms with Crippen molar-refractivity contribution in [2.75, 3.05) is 13.2 Å². The number of hydrogen-bond donors (Lipinski definition) is 1. The normalized spacial score (nSPS) is 16.5. The van der Waals surface area contributed by atoms with Crippen molar-refractivity contribution in [3.63, 3.8) is 0 Å². The van der Waals surface area contributed by atoms with Gasteiger partial charge in [0.15, 0.2) is 0 Å². The van der Waals surface area contributed by atoms with E-state index < -0.39 is 17.3 Å². The highest BCUT2D eigenvalue weighted by atomic mass is 19.4. The van der Waals surface area contributed by atoms with E-state index in [1.807, 2.05) is 0 Å². The number of halogens is 3. The number of nitrogens with zero attached hydrogens (tertiary/aromatic N) is 2. The summed E-state index contributed by atoms with van der Waals surface area (Å²) in [5.74, 6) is 0.769. The van der Waals surface area contributed by atoms with Crippen LogP contribution >= 0.6 is 0 Å². The fourth-order valence-electron chi connectivity index (χ4n) is 2.82. The molecule has 1 N–H and O–H groups in total. The molecule has 8 heteroatoms. The van der Waals surface area contributed by atoms with Crippen LogP contribution < -0.4 is 4.74 Å². The molecule has 1 aliphatic rings. The van der Waals surface area contributed by atoms with Crippen LogP contribution in [0, 0.1) is 0 Å². The molecule has 136 valence electrons. The average Bonchev–Trinajstić information content (AvgIpc) is 2.95. The lowest BCUT2D eigenvalue weighted by atomic mass is 10.0. The first kappa shape index (κ1) is 16.9. The van der Waals surface area contributed by atoms with Gasteiger partial charge in [0.05, 0.1) is 42.7 Å². The fraction of sp³-hybridized carbons (Fsp3) is 0.278. The number of rotatable bonds is 4. The molecule has 0 unspecified atom stereocenters. The zero-order valence-electron chi connectivity index (χ0n) is 13.5. The van der Waals surface area contributed by atoms with Gasteiger partial charge in [-0.1, -0.05) is 0 Å². The summed E-state index contributed by atoms with van der Waals surface area (Å²) in [6.45, 7) is 0.885. The minimum atomic E-state index is -4.38. The Morgan fingerprint density at radius 1 is 1.12 bits per heavy atom. The van der Waals surface area contributed by atoms with Crippen LogP contribution in [0.5, 0.6) is 11.5 Å². The standard InChI is InChI=1S/C18H15F3N2O3/c19-18(20,21)12-1-3-13(4-2-12)26-14-5-6-15-16(7-14)23(11-22-15)8-17(24)9-25-10-17/h1-7,11,24H,8-10H2. The fourth-order valence-corrected chi connectivity index (χ4v) is 2.82. The number of aromatic nitrogens is 2. The molecule has 1 aromatic heterocycles. The number of ether oxygens (including phenoxy) is 2. The van der Waals surface area contributed by atoms with Gasteiger partial charge in [-0.15, -0.1) is 0 Å². The minimum Gasteiger partial charge on any atom is -0.457 e. The molecule has 1 fully saturated rings. The Labute approximate surface area is 146 Å². The van der Waals surface area contributed by atoms with Crippen molar-refractivity contribution in [2.45, 2.75) is 18.3 Å². The summed E-state index contributed by atoms with van der Waals surface area (Å²) in [5, 5.41) is 10.2. The zero-order chi connectivity index (χ0) is 18.4. The molecule has 0 aliphatic carbocycles. The molecular weight excluding hydrogens is 349 g/mol. The molecule has 26 heavy (non-hydrogen) atoms. The molecule has 0 radical (unpaired) electrons. The molecular formula is C18H15F3N2O3. The third-order valence-electron chi connectivity index (χ3n) is 4.22. The van der Waals surface area contributed by atoms with E-state index in [2.05, 4.69) is 4.98 Å². The Hall–Kier alpha value is -2.58. The van der Waals surface area contributed by atoms with Crippen LogP contribution in [0.15, 0.2) is 48.8 Å². The highest BCUT2D eigenvalue weighted by Crippen LogP contribution is 2.32. The second-order valence-corrected chi connectivity index (χ2v) is 6.36. The molecule has 2 aromatic carbocycles. The molecule has 5 nitrogen and oxygen atoms in total. The van der Waals surface area contributed by atoms with Gasteiger partial charge in [0.25, 0.3) is 0 Å². The number of fused-ring (bicyclic) bond motifs is 1. The summed E-state index contributed by atoms with van der Waals surface area (Å²) >= 11 is 0. The molecule has 0 saturated carbocycles. The molecule has 2 heterocycles. The van der Waals surface area contributed by atoms with Crippen molar-refractivity contribution in [3.05, 3.63) is 54.4 Å². The maximum Gasteiger partial charge on any atom is 0.416 e. The monoisotopic (exact) mass is 364 g/mol. The Morgan fingerprint density at radius 3 is 2.42 bits per heavy atom. The third kappa shape index (κ3) is 3.25. The van der Waals surface area contributed by atoms with Gasteiger partial charge >= 0.3 is 6.18 Å². The Morgan fingerprint density at radius 2 is 1.81 bits per heavy atom. The van der Waals surface area contributed by atoms with Gasteiger partial charge in [0.2, 0.25) is 0 Å². The molecule has 1 aliphatic heterocycles. The molecule has 4 rings (SSSR count). The van der Waals surface area contributed by atoms with Crippen LogP contribution in [0.25, 0.3) is 11.0 Å². The highest BCUT2D eigenvalue weighted by molar-refractivity contribution is 5.77. The third-order valence-corrected chi connectivity index (χ3v) is 4.22. The second-order valence-electron chi connectivity index (χ2n) is 6.36. The van der Waals surface area contributed by atoms with Crippen LogP contribution in [-0.4, -0.2) is 33.5 Å². The van der Waals surface area contributed by atoms with E-state index in [1.165, 1.54) is 12.1 Å². The van der Waals surface area contributed by atoms with Gasteiger partial charge in [-0.3, -0.25) is 0 Å². The molecule has 0 atom stereocenters. The second kappa shape index (κ2) is 6.00. The Balaban J connectivity index is 1.57. The van der Waals surface area contributed by atoms with Crippen molar-refractivity contribution < 1.29 is 27.8 Å². The van der Waals surface area contributed by atoms with Crippen molar-refractivity contribution in [1.29, 1.82) is 0 Å². The van der Waals surface area contributed by atoms with Crippen molar-refractivity contribution >= 4 is 11.0 Å². The molecule has 0 amide bonds. The lowest BCUT2D eigenvalue weighted by Crippen LogP contribution is -2.52. The first-order chi connectivity index (χ1) is 12.3. The largest absolute Gasteiger partial charge is 0.457 e. The van der Waals surface area contributed by atoms with Crippen LogP contribution in [0.2, 0.25) is 0 Å². The molecule has 3 aromatic rings. The van der Waals surface area contributed by atoms with E-state index in [0.29, 0.717) is 18.0 Å². The van der Waals surface area contributed by atoms with Crippen molar-refractivity contribution in [3.8, 4) is 11.5 Å². The van der Waals surface area contributed by atoms with E-state index >= 15 is 0 Å². The topological polar surface area (TPSA) is 56.5 Å². The van der Waals surface area contributed by atoms with E-state index in [9.17, 15) is 18.3 Å². The lowest BCUT2D eigenvalue weighted by molar-refractivity contribution is -0.184. The van der Waals surface area contributed by atoms with Crippen molar-refractivity contribution in [1.82, 2.24) is 9.55 Å². The summed E-state index contributed by atoms with van der Waals surface area (Å²) < 4.78 is 50.4. The van der Waals surface area contributed by atoms with Crippen LogP contribution in [0.4, 0.5) is 13.2 Å². The van der Waals surface area contributed by atoms with Gasteiger partial charge in [-0.25, -0.2) is 4.98 Å². The number of aliphatic hydroxyl groups is 1. The predicted molar refractivity (Wildman–Crippen MR) is 87.0 cm³/mol. The zero-order valence-corrected chi connectivity index (χ0v) is 13.5. The van der Waals surface area contributed by atoms with Crippen LogP contribution in [-0.2, 0) is 17.5 Å². The smallest absolute Gasteiger partial charge is 0.416 e. The van der Waals surface area contributed by atoms with Gasteiger partial charge in [-0.2, -0.15) is 13.2 Å². The van der Waals surface area contributed by atoms with Crippen LogP contribution in [0.3, 0.4) is 0 Å². The molecule has 1 saturated heterocycles. The first-order valence-electron chi connectivity index (χ1n) is 7.93. The SMILES string of the molecule is OC1(Cn2cnc3ccc(Oc4ccc(C(F)(F)F)cc4)cc32)COC1. The number of imidazole rings is 1. The maximum atomic E-state index is 12.6. The predicted octanol–water partition coefficient (Wildman–Crippen LogP) is 3.61.